The lowest BCUT2D eigenvalue weighted by atomic mass is 9.97. The van der Waals surface area contributed by atoms with Gasteiger partial charge in [0.15, 0.2) is 0 Å². The molecule has 4 rings (SSSR count). The Bertz CT molecular complexity index is 1020. The van der Waals surface area contributed by atoms with Crippen molar-refractivity contribution in [2.24, 2.45) is 0 Å². The van der Waals surface area contributed by atoms with Crippen LogP contribution in [0, 0.1) is 0 Å². The van der Waals surface area contributed by atoms with Crippen molar-refractivity contribution in [2.75, 3.05) is 26.2 Å². The monoisotopic (exact) mass is 438 g/mol. The van der Waals surface area contributed by atoms with Crippen molar-refractivity contribution >= 4 is 17.4 Å². The summed E-state index contributed by atoms with van der Waals surface area (Å²) in [5, 5.41) is 11.2. The van der Waals surface area contributed by atoms with Gasteiger partial charge < -0.3 is 24.1 Å². The first-order valence-corrected chi connectivity index (χ1v) is 11.3. The van der Waals surface area contributed by atoms with Crippen LogP contribution in [0.2, 0.25) is 0 Å². The average Bonchev–Trinajstić information content (AvgIpc) is 3.49. The number of nitrogens with zero attached hydrogens (tertiary/aromatic N) is 2. The number of hydrogen-bond donors (Lipinski definition) is 1. The Balaban J connectivity index is 1.68. The molecule has 2 atom stereocenters. The summed E-state index contributed by atoms with van der Waals surface area (Å²) in [4.78, 5) is 29.8. The Morgan fingerprint density at radius 1 is 1.22 bits per heavy atom. The molecule has 0 saturated carbocycles. The Morgan fingerprint density at radius 3 is 2.69 bits per heavy atom. The maximum Gasteiger partial charge on any atom is 0.295 e. The van der Waals surface area contributed by atoms with Crippen molar-refractivity contribution in [1.82, 2.24) is 9.80 Å². The van der Waals surface area contributed by atoms with Crippen LogP contribution in [0.15, 0.2) is 46.6 Å². The second-order valence-corrected chi connectivity index (χ2v) is 8.34. The van der Waals surface area contributed by atoms with E-state index in [1.807, 2.05) is 13.0 Å². The van der Waals surface area contributed by atoms with Gasteiger partial charge in [-0.15, -0.1) is 0 Å². The minimum atomic E-state index is -0.745. The molecule has 1 fully saturated rings. The molecule has 2 unspecified atom stereocenters. The number of aliphatic hydroxyl groups is 1. The highest BCUT2D eigenvalue weighted by atomic mass is 16.5. The second kappa shape index (κ2) is 9.20. The first-order valence-electron chi connectivity index (χ1n) is 11.3. The van der Waals surface area contributed by atoms with E-state index in [-0.39, 0.29) is 17.4 Å². The molecule has 0 aliphatic carbocycles. The summed E-state index contributed by atoms with van der Waals surface area (Å²) in [5.74, 6) is -0.221. The molecule has 1 aromatic heterocycles. The Labute approximate surface area is 188 Å². The van der Waals surface area contributed by atoms with Crippen LogP contribution in [0.5, 0.6) is 5.75 Å². The minimum absolute atomic E-state index is 0.0692. The number of ketones is 1. The van der Waals surface area contributed by atoms with Gasteiger partial charge in [-0.1, -0.05) is 13.8 Å². The zero-order chi connectivity index (χ0) is 22.8. The van der Waals surface area contributed by atoms with Crippen LogP contribution in [0.1, 0.15) is 50.1 Å². The Hall–Kier alpha value is -3.06. The van der Waals surface area contributed by atoms with Gasteiger partial charge in [-0.25, -0.2) is 0 Å². The third-order valence-electron chi connectivity index (χ3n) is 6.29. The number of hydrogen-bond acceptors (Lipinski definition) is 6. The smallest absolute Gasteiger partial charge is 0.295 e. The molecule has 2 aliphatic rings. The summed E-state index contributed by atoms with van der Waals surface area (Å²) in [7, 11) is 0. The molecule has 1 amide bonds. The molecule has 2 aromatic rings. The second-order valence-electron chi connectivity index (χ2n) is 8.34. The van der Waals surface area contributed by atoms with E-state index in [0.717, 1.165) is 43.8 Å². The molecule has 1 saturated heterocycles. The van der Waals surface area contributed by atoms with E-state index in [4.69, 9.17) is 9.15 Å². The van der Waals surface area contributed by atoms with E-state index in [9.17, 15) is 14.7 Å². The molecule has 1 N–H and O–H groups in total. The van der Waals surface area contributed by atoms with Crippen molar-refractivity contribution in [3.05, 3.63) is 59.1 Å². The van der Waals surface area contributed by atoms with Gasteiger partial charge in [-0.05, 0) is 68.9 Å². The van der Waals surface area contributed by atoms with E-state index in [1.165, 1.54) is 11.2 Å². The number of fused-ring (bicyclic) bond motifs is 1. The fourth-order valence-corrected chi connectivity index (χ4v) is 4.58. The van der Waals surface area contributed by atoms with Crippen molar-refractivity contribution in [1.29, 1.82) is 0 Å². The highest BCUT2D eigenvalue weighted by Gasteiger charge is 2.47. The summed E-state index contributed by atoms with van der Waals surface area (Å²) in [6, 6.07) is 8.07. The maximum atomic E-state index is 13.0. The van der Waals surface area contributed by atoms with Crippen LogP contribution in [-0.4, -0.2) is 58.9 Å². The van der Waals surface area contributed by atoms with Crippen LogP contribution >= 0.6 is 0 Å². The van der Waals surface area contributed by atoms with E-state index in [2.05, 4.69) is 18.7 Å². The molecular weight excluding hydrogens is 408 g/mol. The molecule has 0 radical (unpaired) electrons. The molecule has 3 heterocycles. The Kier molecular flexibility index (Phi) is 6.37. The molecule has 0 spiro atoms. The molecule has 32 heavy (non-hydrogen) atoms. The zero-order valence-electron chi connectivity index (χ0n) is 18.8. The lowest BCUT2D eigenvalue weighted by molar-refractivity contribution is -0.140. The van der Waals surface area contributed by atoms with Gasteiger partial charge in [0.2, 0.25) is 0 Å². The van der Waals surface area contributed by atoms with Gasteiger partial charge in [-0.3, -0.25) is 9.59 Å². The maximum absolute atomic E-state index is 13.0. The molecule has 7 nitrogen and oxygen atoms in total. The number of ether oxygens (including phenoxy) is 1. The molecular formula is C25H30N2O5. The lowest BCUT2D eigenvalue weighted by Gasteiger charge is -2.25. The predicted octanol–water partition coefficient (Wildman–Crippen LogP) is 3.76. The standard InChI is InChI=1S/C25H30N2O5/c1-4-26(5-2)11-7-12-27-22(20-8-6-13-31-20)21(24(29)25(27)30)23(28)17-9-10-19-18(15-17)14-16(3)32-19/h6,8-10,13,15-16,22,28H,4-5,7,11-12,14H2,1-3H3/b23-21-. The summed E-state index contributed by atoms with van der Waals surface area (Å²) < 4.78 is 11.3. The van der Waals surface area contributed by atoms with Crippen LogP contribution in [0.25, 0.3) is 5.76 Å². The summed E-state index contributed by atoms with van der Waals surface area (Å²) >= 11 is 0. The predicted molar refractivity (Wildman–Crippen MR) is 120 cm³/mol. The van der Waals surface area contributed by atoms with Crippen LogP contribution in [-0.2, 0) is 16.0 Å². The zero-order valence-corrected chi connectivity index (χ0v) is 18.8. The molecule has 1 aromatic carbocycles. The van der Waals surface area contributed by atoms with E-state index < -0.39 is 17.7 Å². The molecule has 0 bridgehead atoms. The fourth-order valence-electron chi connectivity index (χ4n) is 4.58. The fraction of sp³-hybridized carbons (Fsp3) is 0.440. The van der Waals surface area contributed by atoms with Gasteiger partial charge in [0, 0.05) is 18.5 Å². The highest BCUT2D eigenvalue weighted by molar-refractivity contribution is 6.46. The van der Waals surface area contributed by atoms with Gasteiger partial charge in [0.05, 0.1) is 11.8 Å². The third-order valence-corrected chi connectivity index (χ3v) is 6.29. The first-order chi connectivity index (χ1) is 15.4. The minimum Gasteiger partial charge on any atom is -0.507 e. The summed E-state index contributed by atoms with van der Waals surface area (Å²) in [6.07, 6.45) is 3.04. The van der Waals surface area contributed by atoms with Gasteiger partial charge in [0.1, 0.15) is 29.4 Å². The van der Waals surface area contributed by atoms with Crippen molar-refractivity contribution in [2.45, 2.75) is 45.8 Å². The van der Waals surface area contributed by atoms with E-state index in [0.29, 0.717) is 17.9 Å². The summed E-state index contributed by atoms with van der Waals surface area (Å²) in [6.45, 7) is 9.26. The van der Waals surface area contributed by atoms with E-state index in [1.54, 1.807) is 24.3 Å². The number of likely N-dealkylation sites (tertiary alicyclic amines) is 1. The number of carbonyl (C=O) groups excluding carboxylic acids is 2. The SMILES string of the molecule is CCN(CC)CCCN1C(=O)C(=O)/C(=C(\O)c2ccc3c(c2)CC(C)O3)C1c1ccco1. The van der Waals surface area contributed by atoms with Gasteiger partial charge in [0.25, 0.3) is 11.7 Å². The normalized spacial score (nSPS) is 21.9. The van der Waals surface area contributed by atoms with Gasteiger partial charge in [-0.2, -0.15) is 0 Å². The molecule has 170 valence electrons. The molecule has 7 heteroatoms. The van der Waals surface area contributed by atoms with Crippen molar-refractivity contribution in [3.8, 4) is 5.75 Å². The lowest BCUT2D eigenvalue weighted by Crippen LogP contribution is -2.33. The molecule has 2 aliphatic heterocycles. The van der Waals surface area contributed by atoms with E-state index >= 15 is 0 Å². The number of benzene rings is 1. The van der Waals surface area contributed by atoms with Crippen LogP contribution in [0.3, 0.4) is 0 Å². The van der Waals surface area contributed by atoms with Crippen LogP contribution < -0.4 is 4.74 Å². The van der Waals surface area contributed by atoms with Crippen molar-refractivity contribution < 1.29 is 23.8 Å². The number of Topliss-reactive ketones (excluding diaryl/α,β-unsaturated/α-hetero) is 1. The topological polar surface area (TPSA) is 83.2 Å². The summed E-state index contributed by atoms with van der Waals surface area (Å²) in [5.41, 5.74) is 1.54. The number of rotatable bonds is 8. The number of amides is 1. The Morgan fingerprint density at radius 2 is 2.00 bits per heavy atom. The number of aliphatic hydroxyl groups excluding tert-OH is 1. The van der Waals surface area contributed by atoms with Crippen LogP contribution in [0.4, 0.5) is 0 Å². The van der Waals surface area contributed by atoms with Gasteiger partial charge >= 0.3 is 0 Å². The number of carbonyl (C=O) groups is 2. The third kappa shape index (κ3) is 4.05. The average molecular weight is 439 g/mol. The van der Waals surface area contributed by atoms with Crippen molar-refractivity contribution in [3.63, 3.8) is 0 Å². The largest absolute Gasteiger partial charge is 0.507 e. The highest BCUT2D eigenvalue weighted by Crippen LogP contribution is 2.40. The quantitative estimate of drug-likeness (QED) is 0.384. The number of furan rings is 1. The first kappa shape index (κ1) is 22.1.